The van der Waals surface area contributed by atoms with Crippen molar-refractivity contribution in [2.75, 3.05) is 6.61 Å². The van der Waals surface area contributed by atoms with E-state index in [9.17, 15) is 8.42 Å². The van der Waals surface area contributed by atoms with Gasteiger partial charge in [-0.2, -0.15) is 13.5 Å². The summed E-state index contributed by atoms with van der Waals surface area (Å²) in [5.41, 5.74) is 6.36. The second kappa shape index (κ2) is 8.06. The molecule has 0 atom stereocenters. The molecule has 34 heavy (non-hydrogen) atoms. The molecule has 0 spiro atoms. The molecule has 3 aromatic heterocycles. The molecule has 6 rings (SSSR count). The highest BCUT2D eigenvalue weighted by molar-refractivity contribution is 7.86. The van der Waals surface area contributed by atoms with E-state index >= 15 is 0 Å². The van der Waals surface area contributed by atoms with Gasteiger partial charge in [0.25, 0.3) is 10.1 Å². The van der Waals surface area contributed by atoms with E-state index in [2.05, 4.69) is 27.6 Å². The van der Waals surface area contributed by atoms with Gasteiger partial charge in [0, 0.05) is 30.9 Å². The van der Waals surface area contributed by atoms with Gasteiger partial charge in [-0.1, -0.05) is 17.7 Å². The Morgan fingerprint density at radius 1 is 1.06 bits per heavy atom. The van der Waals surface area contributed by atoms with E-state index in [1.54, 1.807) is 24.3 Å². The second-order valence-electron chi connectivity index (χ2n) is 9.75. The van der Waals surface area contributed by atoms with Crippen molar-refractivity contribution < 1.29 is 12.6 Å². The molecule has 2 aliphatic rings. The Kier molecular flexibility index (Phi) is 5.11. The summed E-state index contributed by atoms with van der Waals surface area (Å²) in [5.74, 6) is 0.726. The van der Waals surface area contributed by atoms with Crippen molar-refractivity contribution in [3.8, 4) is 11.3 Å². The summed E-state index contributed by atoms with van der Waals surface area (Å²) < 4.78 is 34.5. The van der Waals surface area contributed by atoms with Crippen LogP contribution in [0.5, 0.6) is 0 Å². The molecule has 8 heteroatoms. The molecule has 7 nitrogen and oxygen atoms in total. The highest BCUT2D eigenvalue weighted by atomic mass is 32.2. The average molecular weight is 477 g/mol. The number of hydrogen-bond acceptors (Lipinski definition) is 5. The number of benzene rings is 1. The van der Waals surface area contributed by atoms with Gasteiger partial charge in [0.2, 0.25) is 0 Å². The number of pyridine rings is 1. The molecule has 0 N–H and O–H groups in total. The topological polar surface area (TPSA) is 79.0 Å². The van der Waals surface area contributed by atoms with Crippen molar-refractivity contribution in [2.45, 2.75) is 49.5 Å². The zero-order valence-electron chi connectivity index (χ0n) is 19.4. The van der Waals surface area contributed by atoms with Crippen LogP contribution in [-0.4, -0.2) is 34.4 Å². The fraction of sp³-hybridized carbons (Fsp3) is 0.385. The first kappa shape index (κ1) is 21.6. The zero-order valence-corrected chi connectivity index (χ0v) is 20.2. The molecule has 176 valence electrons. The van der Waals surface area contributed by atoms with Crippen LogP contribution < -0.4 is 0 Å². The van der Waals surface area contributed by atoms with E-state index in [4.69, 9.17) is 14.3 Å². The van der Waals surface area contributed by atoms with Gasteiger partial charge in [-0.05, 0) is 68.9 Å². The first-order valence-corrected chi connectivity index (χ1v) is 13.3. The van der Waals surface area contributed by atoms with Crippen LogP contribution in [0.4, 0.5) is 0 Å². The molecule has 4 aromatic rings. The Labute approximate surface area is 199 Å². The van der Waals surface area contributed by atoms with Gasteiger partial charge in [0.05, 0.1) is 40.0 Å². The standard InChI is InChI=1S/C26H28N4O3S/c1-17-3-7-21(8-4-17)34(31,32)33-16-18-13-20(14-18)30-15-22(26(28-30)19-5-6-19)23-9-10-25-24(27-23)11-12-29(25)2/h3-4,7-12,15,18-20H,5-6,13-14,16H2,1-2H3. The van der Waals surface area contributed by atoms with E-state index in [1.165, 1.54) is 12.8 Å². The van der Waals surface area contributed by atoms with Crippen molar-refractivity contribution >= 4 is 21.2 Å². The van der Waals surface area contributed by atoms with Gasteiger partial charge in [-0.3, -0.25) is 8.86 Å². The molecule has 2 aliphatic carbocycles. The first-order chi connectivity index (χ1) is 16.4. The van der Waals surface area contributed by atoms with E-state index < -0.39 is 10.1 Å². The molecular formula is C26H28N4O3S. The molecule has 1 aromatic carbocycles. The van der Waals surface area contributed by atoms with E-state index in [-0.39, 0.29) is 23.5 Å². The number of aromatic nitrogens is 4. The number of hydrogen-bond donors (Lipinski definition) is 0. The minimum absolute atomic E-state index is 0.209. The second-order valence-corrected chi connectivity index (χ2v) is 11.4. The third-order valence-electron chi connectivity index (χ3n) is 7.09. The van der Waals surface area contributed by atoms with Crippen LogP contribution in [0.15, 0.2) is 59.8 Å². The number of aryl methyl sites for hydroxylation is 2. The SMILES string of the molecule is Cc1ccc(S(=O)(=O)OCC2CC(n3cc(-c4ccc5c(ccn5C)n4)c(C4CC4)n3)C2)cc1. The van der Waals surface area contributed by atoms with Gasteiger partial charge in [-0.25, -0.2) is 4.98 Å². The largest absolute Gasteiger partial charge is 0.349 e. The van der Waals surface area contributed by atoms with Gasteiger partial charge < -0.3 is 4.57 Å². The maximum absolute atomic E-state index is 12.5. The third kappa shape index (κ3) is 3.95. The summed E-state index contributed by atoms with van der Waals surface area (Å²) in [6.45, 7) is 2.14. The van der Waals surface area contributed by atoms with Gasteiger partial charge >= 0.3 is 0 Å². The molecule has 0 saturated heterocycles. The van der Waals surface area contributed by atoms with Crippen molar-refractivity contribution in [3.63, 3.8) is 0 Å². The summed E-state index contributed by atoms with van der Waals surface area (Å²) in [4.78, 5) is 5.11. The molecule has 2 fully saturated rings. The van der Waals surface area contributed by atoms with Gasteiger partial charge in [0.1, 0.15) is 0 Å². The third-order valence-corrected chi connectivity index (χ3v) is 8.39. The predicted molar refractivity (Wildman–Crippen MR) is 130 cm³/mol. The van der Waals surface area contributed by atoms with Gasteiger partial charge in [0.15, 0.2) is 0 Å². The predicted octanol–water partition coefficient (Wildman–Crippen LogP) is 4.98. The van der Waals surface area contributed by atoms with E-state index in [1.807, 2.05) is 26.2 Å². The molecule has 0 aliphatic heterocycles. The fourth-order valence-corrected chi connectivity index (χ4v) is 5.74. The van der Waals surface area contributed by atoms with Crippen LogP contribution in [0.1, 0.15) is 48.9 Å². The maximum Gasteiger partial charge on any atom is 0.296 e. The smallest absolute Gasteiger partial charge is 0.296 e. The van der Waals surface area contributed by atoms with Crippen molar-refractivity contribution in [3.05, 3.63) is 66.1 Å². The Hall–Kier alpha value is -2.97. The number of rotatable bonds is 7. The highest BCUT2D eigenvalue weighted by Crippen LogP contribution is 2.45. The zero-order chi connectivity index (χ0) is 23.4. The lowest BCUT2D eigenvalue weighted by atomic mass is 9.81. The van der Waals surface area contributed by atoms with Crippen molar-refractivity contribution in [1.82, 2.24) is 19.3 Å². The summed E-state index contributed by atoms with van der Waals surface area (Å²) in [6, 6.07) is 13.3. The van der Waals surface area contributed by atoms with E-state index in [0.717, 1.165) is 46.4 Å². The Morgan fingerprint density at radius 2 is 1.82 bits per heavy atom. The normalized spacial score (nSPS) is 20.5. The molecule has 0 amide bonds. The molecule has 0 bridgehead atoms. The summed E-state index contributed by atoms with van der Waals surface area (Å²) in [6.07, 6.45) is 8.24. The maximum atomic E-state index is 12.5. The monoisotopic (exact) mass is 476 g/mol. The van der Waals surface area contributed by atoms with Crippen LogP contribution in [0.2, 0.25) is 0 Å². The Morgan fingerprint density at radius 3 is 2.56 bits per heavy atom. The lowest BCUT2D eigenvalue weighted by molar-refractivity contribution is 0.120. The quantitative estimate of drug-likeness (QED) is 0.352. The van der Waals surface area contributed by atoms with Crippen LogP contribution >= 0.6 is 0 Å². The summed E-state index contributed by atoms with van der Waals surface area (Å²) in [5, 5.41) is 4.97. The molecule has 3 heterocycles. The first-order valence-electron chi connectivity index (χ1n) is 11.8. The van der Waals surface area contributed by atoms with Crippen LogP contribution in [0.25, 0.3) is 22.3 Å². The molecule has 0 unspecified atom stereocenters. The number of nitrogens with zero attached hydrogens (tertiary/aromatic N) is 4. The minimum Gasteiger partial charge on any atom is -0.349 e. The molecular weight excluding hydrogens is 448 g/mol. The van der Waals surface area contributed by atoms with Crippen LogP contribution in [-0.2, 0) is 21.3 Å². The Bertz CT molecular complexity index is 1460. The van der Waals surface area contributed by atoms with Gasteiger partial charge in [-0.15, -0.1) is 0 Å². The molecule has 0 radical (unpaired) electrons. The molecule has 2 saturated carbocycles. The Balaban J connectivity index is 1.15. The lowest BCUT2D eigenvalue weighted by Crippen LogP contribution is -2.31. The fourth-order valence-electron chi connectivity index (χ4n) is 4.76. The van der Waals surface area contributed by atoms with Crippen LogP contribution in [0, 0.1) is 12.8 Å². The highest BCUT2D eigenvalue weighted by Gasteiger charge is 2.36. The summed E-state index contributed by atoms with van der Waals surface area (Å²) >= 11 is 0. The average Bonchev–Trinajstić information content (AvgIpc) is 3.45. The van der Waals surface area contributed by atoms with Crippen molar-refractivity contribution in [1.29, 1.82) is 0 Å². The van der Waals surface area contributed by atoms with Crippen molar-refractivity contribution in [2.24, 2.45) is 13.0 Å². The van der Waals surface area contributed by atoms with E-state index in [0.29, 0.717) is 5.92 Å². The summed E-state index contributed by atoms with van der Waals surface area (Å²) in [7, 11) is -1.69. The lowest BCUT2D eigenvalue weighted by Gasteiger charge is -2.34. The minimum atomic E-state index is -3.72. The number of fused-ring (bicyclic) bond motifs is 1. The van der Waals surface area contributed by atoms with Crippen LogP contribution in [0.3, 0.4) is 0 Å².